The van der Waals surface area contributed by atoms with Gasteiger partial charge in [-0.3, -0.25) is 9.59 Å². The lowest BCUT2D eigenvalue weighted by Crippen LogP contribution is -2.28. The molecule has 0 radical (unpaired) electrons. The largest absolute Gasteiger partial charge is 0.459 e. The van der Waals surface area contributed by atoms with Crippen molar-refractivity contribution >= 4 is 40.0 Å². The number of rotatable bonds is 9. The van der Waals surface area contributed by atoms with Gasteiger partial charge in [0.05, 0.1) is 18.1 Å². The first-order valence-corrected chi connectivity index (χ1v) is 10.2. The van der Waals surface area contributed by atoms with Crippen molar-refractivity contribution in [3.63, 3.8) is 0 Å². The second-order valence-electron chi connectivity index (χ2n) is 5.59. The molecule has 0 aliphatic carbocycles. The molecule has 0 saturated heterocycles. The Morgan fingerprint density at radius 2 is 2.32 bits per heavy atom. The van der Waals surface area contributed by atoms with Crippen molar-refractivity contribution in [2.45, 2.75) is 24.7 Å². The van der Waals surface area contributed by atoms with Gasteiger partial charge in [-0.2, -0.15) is 0 Å². The molecule has 3 rings (SSSR count). The Hall–Kier alpha value is -2.92. The smallest absolute Gasteiger partial charge is 0.287 e. The molecule has 0 aliphatic rings. The number of thioether (sulfide) groups is 1. The molecule has 0 saturated carbocycles. The van der Waals surface area contributed by atoms with Gasteiger partial charge < -0.3 is 19.6 Å². The van der Waals surface area contributed by atoms with Gasteiger partial charge in [-0.1, -0.05) is 17.8 Å². The zero-order chi connectivity index (χ0) is 19.9. The minimum Gasteiger partial charge on any atom is -0.459 e. The van der Waals surface area contributed by atoms with Crippen LogP contribution in [0, 0.1) is 0 Å². The van der Waals surface area contributed by atoms with Crippen LogP contribution in [0.2, 0.25) is 0 Å². The highest BCUT2D eigenvalue weighted by Crippen LogP contribution is 2.21. The molecule has 0 aliphatic heterocycles. The van der Waals surface area contributed by atoms with Gasteiger partial charge >= 0.3 is 0 Å². The molecule has 3 aromatic rings. The lowest BCUT2D eigenvalue weighted by atomic mass is 10.3. The van der Waals surface area contributed by atoms with Gasteiger partial charge in [0.1, 0.15) is 0 Å². The predicted octanol–water partition coefficient (Wildman–Crippen LogP) is 2.74. The third kappa shape index (κ3) is 4.87. The van der Waals surface area contributed by atoms with Crippen molar-refractivity contribution in [2.24, 2.45) is 0 Å². The Labute approximate surface area is 169 Å². The summed E-state index contributed by atoms with van der Waals surface area (Å²) in [5, 5.41) is 16.8. The second-order valence-corrected chi connectivity index (χ2v) is 7.42. The molecule has 2 N–H and O–H groups in total. The number of aromatic nitrogens is 4. The summed E-state index contributed by atoms with van der Waals surface area (Å²) < 4.78 is 6.91. The van der Waals surface area contributed by atoms with Crippen molar-refractivity contribution in [1.82, 2.24) is 25.1 Å². The molecule has 146 valence electrons. The Balaban J connectivity index is 1.65. The summed E-state index contributed by atoms with van der Waals surface area (Å²) in [6.07, 6.45) is 4.76. The molecule has 0 fully saturated rings. The number of carbonyl (C=O) groups is 2. The zero-order valence-corrected chi connectivity index (χ0v) is 16.6. The van der Waals surface area contributed by atoms with Gasteiger partial charge in [0, 0.05) is 18.1 Å². The number of carbonyl (C=O) groups excluding carboxylic acids is 2. The zero-order valence-electron chi connectivity index (χ0n) is 15.0. The van der Waals surface area contributed by atoms with Crippen molar-refractivity contribution in [3.8, 4) is 0 Å². The van der Waals surface area contributed by atoms with Crippen LogP contribution in [0.4, 0.5) is 5.13 Å². The molecule has 1 atom stereocenters. The highest BCUT2D eigenvalue weighted by Gasteiger charge is 2.21. The molecular weight excluding hydrogens is 400 g/mol. The van der Waals surface area contributed by atoms with Gasteiger partial charge in [0.25, 0.3) is 5.91 Å². The van der Waals surface area contributed by atoms with E-state index in [0.717, 1.165) is 0 Å². The van der Waals surface area contributed by atoms with E-state index in [4.69, 9.17) is 4.42 Å². The maximum Gasteiger partial charge on any atom is 0.287 e. The number of furan rings is 1. The SMILES string of the molecule is C=CCn1c(SCC(=O)Nc2nccs2)nnc1[C@H](C)NC(=O)c1ccco1. The maximum absolute atomic E-state index is 12.2. The molecule has 2 amide bonds. The highest BCUT2D eigenvalue weighted by atomic mass is 32.2. The fourth-order valence-electron chi connectivity index (χ4n) is 2.34. The van der Waals surface area contributed by atoms with Gasteiger partial charge in [-0.15, -0.1) is 28.1 Å². The summed E-state index contributed by atoms with van der Waals surface area (Å²) in [5.74, 6) is 0.399. The summed E-state index contributed by atoms with van der Waals surface area (Å²) >= 11 is 2.60. The average molecular weight is 419 g/mol. The standard InChI is InChI=1S/C17H18N6O3S2/c1-3-7-23-14(11(2)19-15(25)12-5-4-8-26-12)21-22-17(23)28-10-13(24)20-16-18-6-9-27-16/h3-6,8-9,11H,1,7,10H2,2H3,(H,19,25)(H,18,20,24)/t11-/m0/s1. The Morgan fingerprint density at radius 1 is 1.46 bits per heavy atom. The Bertz CT molecular complexity index is 936. The number of anilines is 1. The third-order valence-electron chi connectivity index (χ3n) is 3.55. The van der Waals surface area contributed by atoms with Crippen molar-refractivity contribution in [2.75, 3.05) is 11.1 Å². The van der Waals surface area contributed by atoms with Crippen molar-refractivity contribution in [1.29, 1.82) is 0 Å². The monoisotopic (exact) mass is 418 g/mol. The number of nitrogens with one attached hydrogen (secondary N) is 2. The molecule has 3 heterocycles. The third-order valence-corrected chi connectivity index (χ3v) is 5.20. The van der Waals surface area contributed by atoms with E-state index < -0.39 is 6.04 Å². The quantitative estimate of drug-likeness (QED) is 0.405. The number of hydrogen-bond donors (Lipinski definition) is 2. The van der Waals surface area contributed by atoms with Crippen LogP contribution in [0.5, 0.6) is 0 Å². The first kappa shape index (κ1) is 19.8. The van der Waals surface area contributed by atoms with Crippen LogP contribution in [0.1, 0.15) is 29.3 Å². The molecule has 0 unspecified atom stereocenters. The molecular formula is C17H18N6O3S2. The maximum atomic E-state index is 12.2. The van der Waals surface area contributed by atoms with Crippen LogP contribution < -0.4 is 10.6 Å². The number of hydrogen-bond acceptors (Lipinski definition) is 8. The number of amides is 2. The lowest BCUT2D eigenvalue weighted by molar-refractivity contribution is -0.113. The average Bonchev–Trinajstić information content (AvgIpc) is 3.42. The first-order chi connectivity index (χ1) is 13.6. The molecule has 9 nitrogen and oxygen atoms in total. The normalized spacial score (nSPS) is 11.8. The van der Waals surface area contributed by atoms with Crippen LogP contribution >= 0.6 is 23.1 Å². The molecule has 11 heteroatoms. The van der Waals surface area contributed by atoms with E-state index in [-0.39, 0.29) is 23.3 Å². The lowest BCUT2D eigenvalue weighted by Gasteiger charge is -2.14. The van der Waals surface area contributed by atoms with Crippen molar-refractivity contribution < 1.29 is 14.0 Å². The minimum absolute atomic E-state index is 0.155. The van der Waals surface area contributed by atoms with Crippen LogP contribution in [-0.4, -0.2) is 37.3 Å². The van der Waals surface area contributed by atoms with E-state index in [1.807, 2.05) is 0 Å². The minimum atomic E-state index is -0.413. The molecule has 0 spiro atoms. The predicted molar refractivity (Wildman–Crippen MR) is 106 cm³/mol. The number of thiazole rings is 1. The molecule has 3 aromatic heterocycles. The summed E-state index contributed by atoms with van der Waals surface area (Å²) in [6, 6.07) is 2.81. The van der Waals surface area contributed by atoms with E-state index in [1.165, 1.54) is 29.4 Å². The molecule has 0 aromatic carbocycles. The highest BCUT2D eigenvalue weighted by molar-refractivity contribution is 7.99. The number of allylic oxidation sites excluding steroid dienone is 1. The Morgan fingerprint density at radius 3 is 3.00 bits per heavy atom. The fraction of sp³-hybridized carbons (Fsp3) is 0.235. The topological polar surface area (TPSA) is 115 Å². The van der Waals surface area contributed by atoms with Crippen LogP contribution in [-0.2, 0) is 11.3 Å². The second kappa shape index (κ2) is 9.33. The van der Waals surface area contributed by atoms with E-state index in [0.29, 0.717) is 22.7 Å². The van der Waals surface area contributed by atoms with Crippen LogP contribution in [0.25, 0.3) is 0 Å². The van der Waals surface area contributed by atoms with Gasteiger partial charge in [0.15, 0.2) is 21.9 Å². The van der Waals surface area contributed by atoms with Gasteiger partial charge in [-0.25, -0.2) is 4.98 Å². The Kier molecular flexibility index (Phi) is 6.61. The van der Waals surface area contributed by atoms with E-state index in [1.54, 1.807) is 41.3 Å². The molecule has 28 heavy (non-hydrogen) atoms. The molecule has 0 bridgehead atoms. The fourth-order valence-corrected chi connectivity index (χ4v) is 3.64. The van der Waals surface area contributed by atoms with Crippen molar-refractivity contribution in [3.05, 3.63) is 54.2 Å². The van der Waals surface area contributed by atoms with Crippen LogP contribution in [0.15, 0.2) is 52.2 Å². The summed E-state index contributed by atoms with van der Waals surface area (Å²) in [4.78, 5) is 28.3. The summed E-state index contributed by atoms with van der Waals surface area (Å²) in [6.45, 7) is 5.99. The van der Waals surface area contributed by atoms with E-state index in [9.17, 15) is 9.59 Å². The van der Waals surface area contributed by atoms with E-state index >= 15 is 0 Å². The summed E-state index contributed by atoms with van der Waals surface area (Å²) in [7, 11) is 0. The van der Waals surface area contributed by atoms with Gasteiger partial charge in [0.2, 0.25) is 5.91 Å². The van der Waals surface area contributed by atoms with Gasteiger partial charge in [-0.05, 0) is 19.1 Å². The van der Waals surface area contributed by atoms with E-state index in [2.05, 4.69) is 32.4 Å². The summed E-state index contributed by atoms with van der Waals surface area (Å²) in [5.41, 5.74) is 0. The first-order valence-electron chi connectivity index (χ1n) is 8.29. The van der Waals surface area contributed by atoms with Crippen LogP contribution in [0.3, 0.4) is 0 Å². The number of nitrogens with zero attached hydrogens (tertiary/aromatic N) is 4.